The lowest BCUT2D eigenvalue weighted by Crippen LogP contribution is -2.17. The van der Waals surface area contributed by atoms with Crippen LogP contribution in [0.4, 0.5) is 0 Å². The molecule has 1 saturated carbocycles. The highest BCUT2D eigenvalue weighted by atomic mass is 14.4. The molecule has 0 heterocycles. The summed E-state index contributed by atoms with van der Waals surface area (Å²) < 4.78 is 0. The van der Waals surface area contributed by atoms with Crippen LogP contribution in [0.3, 0.4) is 0 Å². The minimum atomic E-state index is 0.468. The van der Waals surface area contributed by atoms with Crippen molar-refractivity contribution in [2.75, 3.05) is 0 Å². The topological polar surface area (TPSA) is 0 Å². The average molecular weight is 178 g/mol. The highest BCUT2D eigenvalue weighted by molar-refractivity contribution is 5.16. The van der Waals surface area contributed by atoms with Crippen molar-refractivity contribution in [3.05, 3.63) is 24.8 Å². The van der Waals surface area contributed by atoms with Crippen LogP contribution in [0.5, 0.6) is 0 Å². The van der Waals surface area contributed by atoms with Crippen LogP contribution in [0.15, 0.2) is 24.8 Å². The first-order chi connectivity index (χ1) is 5.95. The van der Waals surface area contributed by atoms with Gasteiger partial charge in [-0.15, -0.1) is 0 Å². The van der Waals surface area contributed by atoms with E-state index < -0.39 is 0 Å². The lowest BCUT2D eigenvalue weighted by Gasteiger charge is -2.27. The SMILES string of the molecule is C=CC(=C)C1CCC(C(C)(C)C)C1. The van der Waals surface area contributed by atoms with E-state index in [1.807, 2.05) is 6.08 Å². The minimum absolute atomic E-state index is 0.468. The fourth-order valence-electron chi connectivity index (χ4n) is 2.27. The molecule has 0 N–H and O–H groups in total. The Morgan fingerprint density at radius 1 is 1.31 bits per heavy atom. The van der Waals surface area contributed by atoms with Crippen LogP contribution in [-0.4, -0.2) is 0 Å². The normalized spacial score (nSPS) is 28.8. The lowest BCUT2D eigenvalue weighted by atomic mass is 9.79. The van der Waals surface area contributed by atoms with Gasteiger partial charge in [0.25, 0.3) is 0 Å². The molecule has 0 amide bonds. The van der Waals surface area contributed by atoms with Crippen molar-refractivity contribution in [1.29, 1.82) is 0 Å². The Hall–Kier alpha value is -0.520. The molecule has 0 aliphatic heterocycles. The molecule has 0 spiro atoms. The maximum Gasteiger partial charge on any atom is -0.0165 e. The van der Waals surface area contributed by atoms with E-state index in [-0.39, 0.29) is 0 Å². The second kappa shape index (κ2) is 3.69. The summed E-state index contributed by atoms with van der Waals surface area (Å²) in [5.74, 6) is 1.58. The van der Waals surface area contributed by atoms with E-state index in [1.165, 1.54) is 24.8 Å². The van der Waals surface area contributed by atoms with Crippen molar-refractivity contribution in [2.24, 2.45) is 17.3 Å². The molecule has 0 aromatic rings. The van der Waals surface area contributed by atoms with Crippen LogP contribution in [-0.2, 0) is 0 Å². The standard InChI is InChI=1S/C13H22/c1-6-10(2)11-7-8-12(9-11)13(3,4)5/h6,11-12H,1-2,7-9H2,3-5H3. The summed E-state index contributed by atoms with van der Waals surface area (Å²) in [6.45, 7) is 14.9. The predicted molar refractivity (Wildman–Crippen MR) is 59.6 cm³/mol. The van der Waals surface area contributed by atoms with Gasteiger partial charge in [-0.25, -0.2) is 0 Å². The second-order valence-electron chi connectivity index (χ2n) is 5.35. The molecule has 2 unspecified atom stereocenters. The molecule has 1 rings (SSSR count). The van der Waals surface area contributed by atoms with Gasteiger partial charge in [0, 0.05) is 0 Å². The summed E-state index contributed by atoms with van der Waals surface area (Å²) in [5, 5.41) is 0. The zero-order chi connectivity index (χ0) is 10.1. The van der Waals surface area contributed by atoms with Crippen molar-refractivity contribution < 1.29 is 0 Å². The molecule has 0 aromatic carbocycles. The fraction of sp³-hybridized carbons (Fsp3) is 0.692. The Morgan fingerprint density at radius 2 is 1.92 bits per heavy atom. The summed E-state index contributed by atoms with van der Waals surface area (Å²) in [4.78, 5) is 0. The van der Waals surface area contributed by atoms with E-state index >= 15 is 0 Å². The summed E-state index contributed by atoms with van der Waals surface area (Å²) >= 11 is 0. The molecule has 0 aromatic heterocycles. The first kappa shape index (κ1) is 10.6. The molecule has 0 nitrogen and oxygen atoms in total. The molecule has 0 radical (unpaired) electrons. The smallest absolute Gasteiger partial charge is 0.0165 e. The minimum Gasteiger partial charge on any atom is -0.0988 e. The van der Waals surface area contributed by atoms with Crippen LogP contribution in [0, 0.1) is 17.3 Å². The molecule has 74 valence electrons. The van der Waals surface area contributed by atoms with Gasteiger partial charge in [0.05, 0.1) is 0 Å². The van der Waals surface area contributed by atoms with Crippen LogP contribution in [0.1, 0.15) is 40.0 Å². The van der Waals surface area contributed by atoms with Gasteiger partial charge >= 0.3 is 0 Å². The number of hydrogen-bond donors (Lipinski definition) is 0. The average Bonchev–Trinajstić information content (AvgIpc) is 2.50. The molecule has 2 atom stereocenters. The highest BCUT2D eigenvalue weighted by Crippen LogP contribution is 2.44. The van der Waals surface area contributed by atoms with E-state index in [4.69, 9.17) is 0 Å². The third-order valence-electron chi connectivity index (χ3n) is 3.44. The van der Waals surface area contributed by atoms with Crippen LogP contribution in [0.2, 0.25) is 0 Å². The monoisotopic (exact) mass is 178 g/mol. The third-order valence-corrected chi connectivity index (χ3v) is 3.44. The largest absolute Gasteiger partial charge is 0.0988 e. The molecular formula is C13H22. The zero-order valence-corrected chi connectivity index (χ0v) is 9.27. The van der Waals surface area contributed by atoms with Gasteiger partial charge in [0.15, 0.2) is 0 Å². The first-order valence-corrected chi connectivity index (χ1v) is 5.26. The van der Waals surface area contributed by atoms with Crippen molar-refractivity contribution in [3.63, 3.8) is 0 Å². The van der Waals surface area contributed by atoms with E-state index in [0.717, 1.165) is 5.92 Å². The molecule has 1 fully saturated rings. The molecule has 1 aliphatic carbocycles. The Kier molecular flexibility index (Phi) is 3.00. The summed E-state index contributed by atoms with van der Waals surface area (Å²) in [5.41, 5.74) is 1.71. The van der Waals surface area contributed by atoms with E-state index in [1.54, 1.807) is 0 Å². The van der Waals surface area contributed by atoms with E-state index in [2.05, 4.69) is 33.9 Å². The third kappa shape index (κ3) is 2.46. The van der Waals surface area contributed by atoms with Gasteiger partial charge in [0.2, 0.25) is 0 Å². The summed E-state index contributed by atoms with van der Waals surface area (Å²) in [7, 11) is 0. The zero-order valence-electron chi connectivity index (χ0n) is 9.27. The molecule has 0 bridgehead atoms. The maximum atomic E-state index is 4.05. The maximum absolute atomic E-state index is 4.05. The van der Waals surface area contributed by atoms with E-state index in [9.17, 15) is 0 Å². The van der Waals surface area contributed by atoms with Gasteiger partial charge in [-0.1, -0.05) is 45.6 Å². The van der Waals surface area contributed by atoms with Crippen LogP contribution >= 0.6 is 0 Å². The van der Waals surface area contributed by atoms with Gasteiger partial charge < -0.3 is 0 Å². The van der Waals surface area contributed by atoms with Crippen LogP contribution in [0.25, 0.3) is 0 Å². The molecular weight excluding hydrogens is 156 g/mol. The Labute approximate surface area is 82.7 Å². The van der Waals surface area contributed by atoms with Gasteiger partial charge in [0.1, 0.15) is 0 Å². The van der Waals surface area contributed by atoms with Gasteiger partial charge in [-0.2, -0.15) is 0 Å². The number of hydrogen-bond acceptors (Lipinski definition) is 0. The highest BCUT2D eigenvalue weighted by Gasteiger charge is 2.33. The molecule has 13 heavy (non-hydrogen) atoms. The van der Waals surface area contributed by atoms with Gasteiger partial charge in [-0.3, -0.25) is 0 Å². The van der Waals surface area contributed by atoms with Crippen LogP contribution < -0.4 is 0 Å². The Morgan fingerprint density at radius 3 is 2.31 bits per heavy atom. The summed E-state index contributed by atoms with van der Waals surface area (Å²) in [6, 6.07) is 0. The van der Waals surface area contributed by atoms with Crippen molar-refractivity contribution in [2.45, 2.75) is 40.0 Å². The number of rotatable bonds is 2. The predicted octanol–water partition coefficient (Wildman–Crippen LogP) is 4.19. The lowest BCUT2D eigenvalue weighted by molar-refractivity contribution is 0.242. The van der Waals surface area contributed by atoms with Crippen molar-refractivity contribution in [3.8, 4) is 0 Å². The van der Waals surface area contributed by atoms with Crippen molar-refractivity contribution in [1.82, 2.24) is 0 Å². The summed E-state index contributed by atoms with van der Waals surface area (Å²) in [6.07, 6.45) is 5.91. The van der Waals surface area contributed by atoms with Gasteiger partial charge in [-0.05, 0) is 36.5 Å². The first-order valence-electron chi connectivity index (χ1n) is 5.26. The fourth-order valence-corrected chi connectivity index (χ4v) is 2.27. The Balaban J connectivity index is 2.54. The molecule has 1 aliphatic rings. The van der Waals surface area contributed by atoms with E-state index in [0.29, 0.717) is 11.3 Å². The molecule has 0 saturated heterocycles. The number of allylic oxidation sites excluding steroid dienone is 2. The second-order valence-corrected chi connectivity index (χ2v) is 5.35. The quantitative estimate of drug-likeness (QED) is 0.556. The Bertz CT molecular complexity index is 205. The van der Waals surface area contributed by atoms with Crippen molar-refractivity contribution >= 4 is 0 Å². The molecule has 0 heteroatoms.